The Morgan fingerprint density at radius 1 is 1.32 bits per heavy atom. The number of benzene rings is 1. The van der Waals surface area contributed by atoms with E-state index in [4.69, 9.17) is 9.47 Å². The molecule has 0 spiro atoms. The molecule has 1 unspecified atom stereocenters. The molecule has 0 aliphatic heterocycles. The molecule has 0 bridgehead atoms. The molecule has 1 aromatic carbocycles. The van der Waals surface area contributed by atoms with E-state index in [1.165, 1.54) is 0 Å². The van der Waals surface area contributed by atoms with E-state index in [-0.39, 0.29) is 0 Å². The molecule has 0 saturated carbocycles. The summed E-state index contributed by atoms with van der Waals surface area (Å²) in [7, 11) is 0. The van der Waals surface area contributed by atoms with Crippen molar-refractivity contribution in [1.82, 2.24) is 5.32 Å². The van der Waals surface area contributed by atoms with Gasteiger partial charge in [0.2, 0.25) is 0 Å². The summed E-state index contributed by atoms with van der Waals surface area (Å²) in [6.07, 6.45) is 0. The molecule has 108 valence electrons. The van der Waals surface area contributed by atoms with Crippen molar-refractivity contribution in [2.45, 2.75) is 26.8 Å². The fourth-order valence-corrected chi connectivity index (χ4v) is 2.08. The van der Waals surface area contributed by atoms with Gasteiger partial charge in [0.1, 0.15) is 12.4 Å². The van der Waals surface area contributed by atoms with Crippen LogP contribution in [0.1, 0.15) is 20.8 Å². The molecule has 0 aliphatic carbocycles. The Hall–Kier alpha value is -0.580. The minimum Gasteiger partial charge on any atom is -0.492 e. The van der Waals surface area contributed by atoms with Gasteiger partial charge in [-0.05, 0) is 31.0 Å². The maximum atomic E-state index is 5.69. The predicted octanol–water partition coefficient (Wildman–Crippen LogP) is 3.48. The Kier molecular flexibility index (Phi) is 8.10. The Balaban J connectivity index is 2.24. The number of halogens is 1. The number of ether oxygens (including phenoxy) is 2. The van der Waals surface area contributed by atoms with Gasteiger partial charge in [0.05, 0.1) is 6.61 Å². The van der Waals surface area contributed by atoms with Crippen molar-refractivity contribution >= 4 is 15.9 Å². The molecule has 1 aromatic rings. The third-order valence-electron chi connectivity index (χ3n) is 2.88. The maximum Gasteiger partial charge on any atom is 0.120 e. The lowest BCUT2D eigenvalue weighted by atomic mass is 10.1. The summed E-state index contributed by atoms with van der Waals surface area (Å²) in [5, 5.41) is 3.48. The van der Waals surface area contributed by atoms with Gasteiger partial charge in [-0.3, -0.25) is 0 Å². The highest BCUT2D eigenvalue weighted by atomic mass is 79.9. The van der Waals surface area contributed by atoms with Crippen molar-refractivity contribution in [1.29, 1.82) is 0 Å². The summed E-state index contributed by atoms with van der Waals surface area (Å²) in [6, 6.07) is 8.28. The first-order valence-electron chi connectivity index (χ1n) is 6.83. The van der Waals surface area contributed by atoms with Gasteiger partial charge in [-0.1, -0.05) is 35.8 Å². The summed E-state index contributed by atoms with van der Waals surface area (Å²) >= 11 is 3.43. The Morgan fingerprint density at radius 3 is 2.74 bits per heavy atom. The van der Waals surface area contributed by atoms with Crippen molar-refractivity contribution in [3.63, 3.8) is 0 Å². The molecule has 19 heavy (non-hydrogen) atoms. The lowest BCUT2D eigenvalue weighted by Crippen LogP contribution is -2.40. The van der Waals surface area contributed by atoms with Crippen LogP contribution >= 0.6 is 15.9 Å². The molecule has 0 radical (unpaired) electrons. The highest BCUT2D eigenvalue weighted by Gasteiger charge is 2.12. The Morgan fingerprint density at radius 2 is 2.11 bits per heavy atom. The van der Waals surface area contributed by atoms with Gasteiger partial charge >= 0.3 is 0 Å². The number of rotatable bonds is 9. The zero-order chi connectivity index (χ0) is 14.1. The molecule has 0 fully saturated rings. The molecule has 0 amide bonds. The molecule has 0 aromatic heterocycles. The van der Waals surface area contributed by atoms with E-state index in [2.05, 4.69) is 35.1 Å². The third-order valence-corrected chi connectivity index (χ3v) is 3.37. The average Bonchev–Trinajstić information content (AvgIpc) is 2.37. The van der Waals surface area contributed by atoms with Crippen LogP contribution in [-0.2, 0) is 4.74 Å². The van der Waals surface area contributed by atoms with Gasteiger partial charge in [-0.25, -0.2) is 0 Å². The minimum absolute atomic E-state index is 0.381. The van der Waals surface area contributed by atoms with Crippen LogP contribution in [0.2, 0.25) is 0 Å². The second-order valence-corrected chi connectivity index (χ2v) is 5.69. The lowest BCUT2D eigenvalue weighted by Gasteiger charge is -2.22. The smallest absolute Gasteiger partial charge is 0.120 e. The van der Waals surface area contributed by atoms with Crippen molar-refractivity contribution in [2.24, 2.45) is 5.92 Å². The third kappa shape index (κ3) is 6.95. The number of hydrogen-bond donors (Lipinski definition) is 1. The highest BCUT2D eigenvalue weighted by molar-refractivity contribution is 9.10. The van der Waals surface area contributed by atoms with Crippen molar-refractivity contribution in [3.8, 4) is 5.75 Å². The largest absolute Gasteiger partial charge is 0.492 e. The first-order valence-corrected chi connectivity index (χ1v) is 7.62. The molecule has 1 N–H and O–H groups in total. The van der Waals surface area contributed by atoms with E-state index in [0.717, 1.165) is 30.0 Å². The van der Waals surface area contributed by atoms with E-state index < -0.39 is 0 Å². The van der Waals surface area contributed by atoms with Gasteiger partial charge in [0, 0.05) is 23.7 Å². The average molecular weight is 330 g/mol. The van der Waals surface area contributed by atoms with Crippen molar-refractivity contribution < 1.29 is 9.47 Å². The fraction of sp³-hybridized carbons (Fsp3) is 0.600. The van der Waals surface area contributed by atoms with Gasteiger partial charge in [0.25, 0.3) is 0 Å². The highest BCUT2D eigenvalue weighted by Crippen LogP contribution is 2.17. The normalized spacial score (nSPS) is 12.7. The number of hydrogen-bond acceptors (Lipinski definition) is 3. The van der Waals surface area contributed by atoms with E-state index in [9.17, 15) is 0 Å². The lowest BCUT2D eigenvalue weighted by molar-refractivity contribution is 0.106. The first kappa shape index (κ1) is 16.5. The van der Waals surface area contributed by atoms with Gasteiger partial charge in [0.15, 0.2) is 0 Å². The van der Waals surface area contributed by atoms with Crippen LogP contribution in [0.4, 0.5) is 0 Å². The summed E-state index contributed by atoms with van der Waals surface area (Å²) in [5.74, 6) is 1.44. The van der Waals surface area contributed by atoms with Crippen LogP contribution in [0.3, 0.4) is 0 Å². The Bertz CT molecular complexity index is 358. The van der Waals surface area contributed by atoms with Gasteiger partial charge in [-0.15, -0.1) is 0 Å². The molecular formula is C15H24BrNO2. The van der Waals surface area contributed by atoms with E-state index in [1.807, 2.05) is 31.2 Å². The van der Waals surface area contributed by atoms with Crippen LogP contribution in [0, 0.1) is 5.92 Å². The fourth-order valence-electron chi connectivity index (χ4n) is 1.70. The molecule has 0 heterocycles. The molecule has 0 aliphatic rings. The molecule has 1 rings (SSSR count). The SMILES string of the molecule is CCOCC(NCCOc1cccc(Br)c1)C(C)C. The van der Waals surface area contributed by atoms with Gasteiger partial charge in [-0.2, -0.15) is 0 Å². The quantitative estimate of drug-likeness (QED) is 0.703. The molecule has 0 saturated heterocycles. The summed E-state index contributed by atoms with van der Waals surface area (Å²) in [5.41, 5.74) is 0. The van der Waals surface area contributed by atoms with E-state index in [0.29, 0.717) is 18.6 Å². The van der Waals surface area contributed by atoms with Crippen LogP contribution in [0.5, 0.6) is 5.75 Å². The molecule has 4 heteroatoms. The van der Waals surface area contributed by atoms with Crippen molar-refractivity contribution in [3.05, 3.63) is 28.7 Å². The number of nitrogens with one attached hydrogen (secondary N) is 1. The van der Waals surface area contributed by atoms with Crippen LogP contribution in [0.25, 0.3) is 0 Å². The van der Waals surface area contributed by atoms with E-state index in [1.54, 1.807) is 0 Å². The molecular weight excluding hydrogens is 306 g/mol. The molecule has 1 atom stereocenters. The first-order chi connectivity index (χ1) is 9.13. The Labute approximate surface area is 124 Å². The summed E-state index contributed by atoms with van der Waals surface area (Å²) in [4.78, 5) is 0. The predicted molar refractivity (Wildman–Crippen MR) is 82.8 cm³/mol. The van der Waals surface area contributed by atoms with E-state index >= 15 is 0 Å². The minimum atomic E-state index is 0.381. The monoisotopic (exact) mass is 329 g/mol. The van der Waals surface area contributed by atoms with Crippen molar-refractivity contribution in [2.75, 3.05) is 26.4 Å². The topological polar surface area (TPSA) is 30.5 Å². The van der Waals surface area contributed by atoms with Crippen LogP contribution < -0.4 is 10.1 Å². The zero-order valence-electron chi connectivity index (χ0n) is 12.0. The van der Waals surface area contributed by atoms with Gasteiger partial charge < -0.3 is 14.8 Å². The van der Waals surface area contributed by atoms with Crippen LogP contribution in [-0.4, -0.2) is 32.4 Å². The summed E-state index contributed by atoms with van der Waals surface area (Å²) < 4.78 is 12.2. The zero-order valence-corrected chi connectivity index (χ0v) is 13.6. The van der Waals surface area contributed by atoms with Crippen LogP contribution in [0.15, 0.2) is 28.7 Å². The standard InChI is InChI=1S/C15H24BrNO2/c1-4-18-11-15(12(2)3)17-8-9-19-14-7-5-6-13(16)10-14/h5-7,10,12,15,17H,4,8-9,11H2,1-3H3. The molecule has 3 nitrogen and oxygen atoms in total. The second kappa shape index (κ2) is 9.34. The maximum absolute atomic E-state index is 5.69. The second-order valence-electron chi connectivity index (χ2n) is 4.77. The summed E-state index contributed by atoms with van der Waals surface area (Å²) in [6.45, 7) is 9.42.